The minimum atomic E-state index is -4.31. The quantitative estimate of drug-likeness (QED) is 0.741. The van der Waals surface area contributed by atoms with Crippen LogP contribution in [0, 0.1) is 6.92 Å². The molecule has 5 heteroatoms. The molecule has 15 heavy (non-hydrogen) atoms. The van der Waals surface area contributed by atoms with Crippen molar-refractivity contribution in [3.63, 3.8) is 0 Å². The third-order valence-corrected chi connectivity index (χ3v) is 2.90. The minimum Gasteiger partial charge on any atom is -0.360 e. The van der Waals surface area contributed by atoms with Gasteiger partial charge in [0.2, 0.25) is 0 Å². The largest absolute Gasteiger partial charge is 0.416 e. The summed E-state index contributed by atoms with van der Waals surface area (Å²) in [5.74, 6) is 0. The van der Waals surface area contributed by atoms with Crippen molar-refractivity contribution in [1.82, 2.24) is 4.98 Å². The number of aromatic nitrogens is 1. The molecule has 0 amide bonds. The van der Waals surface area contributed by atoms with Crippen molar-refractivity contribution in [2.24, 2.45) is 0 Å². The fraction of sp³-hybridized carbons (Fsp3) is 0.200. The van der Waals surface area contributed by atoms with Crippen LogP contribution >= 0.6 is 15.9 Å². The summed E-state index contributed by atoms with van der Waals surface area (Å²) in [6, 6.07) is 2.24. The van der Waals surface area contributed by atoms with E-state index in [0.717, 1.165) is 17.7 Å². The number of hydrogen-bond donors (Lipinski definition) is 1. The van der Waals surface area contributed by atoms with Gasteiger partial charge in [-0.25, -0.2) is 0 Å². The molecule has 1 aromatic carbocycles. The number of H-pyrrole nitrogens is 1. The first-order valence-corrected chi connectivity index (χ1v) is 5.03. The van der Waals surface area contributed by atoms with Crippen LogP contribution in [-0.2, 0) is 6.18 Å². The zero-order valence-corrected chi connectivity index (χ0v) is 9.33. The molecule has 1 nitrogen and oxygen atoms in total. The van der Waals surface area contributed by atoms with Gasteiger partial charge in [-0.1, -0.05) is 0 Å². The number of halogens is 4. The van der Waals surface area contributed by atoms with Gasteiger partial charge in [-0.3, -0.25) is 0 Å². The molecule has 0 aliphatic carbocycles. The first-order valence-electron chi connectivity index (χ1n) is 4.24. The molecule has 0 bridgehead atoms. The van der Waals surface area contributed by atoms with E-state index in [2.05, 4.69) is 20.9 Å². The lowest BCUT2D eigenvalue weighted by Gasteiger charge is -2.07. The Bertz CT molecular complexity index is 513. The van der Waals surface area contributed by atoms with Crippen LogP contribution in [0.3, 0.4) is 0 Å². The SMILES string of the molecule is Cc1c[nH]c2c(Br)cc(C(F)(F)F)cc12. The summed E-state index contributed by atoms with van der Waals surface area (Å²) < 4.78 is 37.9. The molecular formula is C10H7BrF3N. The van der Waals surface area contributed by atoms with E-state index in [9.17, 15) is 13.2 Å². The zero-order valence-electron chi connectivity index (χ0n) is 7.74. The first-order chi connectivity index (χ1) is 6.89. The van der Waals surface area contributed by atoms with Gasteiger partial charge in [0.05, 0.1) is 11.1 Å². The molecule has 1 aromatic heterocycles. The molecule has 0 radical (unpaired) electrons. The molecule has 0 aliphatic rings. The monoisotopic (exact) mass is 277 g/mol. The number of aryl methyl sites for hydroxylation is 1. The number of nitrogens with one attached hydrogen (secondary N) is 1. The summed E-state index contributed by atoms with van der Waals surface area (Å²) in [6.07, 6.45) is -2.62. The highest BCUT2D eigenvalue weighted by Crippen LogP contribution is 2.35. The van der Waals surface area contributed by atoms with Crippen LogP contribution in [0.15, 0.2) is 22.8 Å². The maximum absolute atomic E-state index is 12.5. The number of rotatable bonds is 0. The summed E-state index contributed by atoms with van der Waals surface area (Å²) in [4.78, 5) is 2.92. The Balaban J connectivity index is 2.76. The number of fused-ring (bicyclic) bond motifs is 1. The van der Waals surface area contributed by atoms with Gasteiger partial charge in [0.15, 0.2) is 0 Å². The highest BCUT2D eigenvalue weighted by molar-refractivity contribution is 9.10. The van der Waals surface area contributed by atoms with Crippen molar-refractivity contribution < 1.29 is 13.2 Å². The van der Waals surface area contributed by atoms with Crippen LogP contribution in [0.2, 0.25) is 0 Å². The fourth-order valence-electron chi connectivity index (χ4n) is 1.49. The molecule has 0 unspecified atom stereocenters. The van der Waals surface area contributed by atoms with E-state index in [1.807, 2.05) is 0 Å². The van der Waals surface area contributed by atoms with Crippen LogP contribution in [-0.4, -0.2) is 4.98 Å². The first kappa shape index (κ1) is 10.5. The molecule has 2 rings (SSSR count). The molecule has 0 saturated carbocycles. The van der Waals surface area contributed by atoms with Crippen molar-refractivity contribution in [3.05, 3.63) is 33.9 Å². The Kier molecular flexibility index (Phi) is 2.30. The summed E-state index contributed by atoms with van der Waals surface area (Å²) in [5, 5.41) is 0.594. The van der Waals surface area contributed by atoms with Crippen LogP contribution in [0.25, 0.3) is 10.9 Å². The highest BCUT2D eigenvalue weighted by atomic mass is 79.9. The summed E-state index contributed by atoms with van der Waals surface area (Å²) in [7, 11) is 0. The van der Waals surface area contributed by atoms with Gasteiger partial charge in [0.1, 0.15) is 0 Å². The summed E-state index contributed by atoms with van der Waals surface area (Å²) >= 11 is 3.12. The van der Waals surface area contributed by atoms with Crippen molar-refractivity contribution in [2.45, 2.75) is 13.1 Å². The van der Waals surface area contributed by atoms with Crippen molar-refractivity contribution in [2.75, 3.05) is 0 Å². The van der Waals surface area contributed by atoms with E-state index in [-0.39, 0.29) is 0 Å². The van der Waals surface area contributed by atoms with Crippen LogP contribution < -0.4 is 0 Å². The Morgan fingerprint density at radius 3 is 2.53 bits per heavy atom. The zero-order chi connectivity index (χ0) is 11.2. The lowest BCUT2D eigenvalue weighted by atomic mass is 10.1. The molecule has 0 atom stereocenters. The second kappa shape index (κ2) is 3.27. The van der Waals surface area contributed by atoms with E-state index in [4.69, 9.17) is 0 Å². The lowest BCUT2D eigenvalue weighted by Crippen LogP contribution is -2.04. The highest BCUT2D eigenvalue weighted by Gasteiger charge is 2.31. The smallest absolute Gasteiger partial charge is 0.360 e. The Morgan fingerprint density at radius 1 is 1.27 bits per heavy atom. The molecule has 0 spiro atoms. The van der Waals surface area contributed by atoms with Crippen LogP contribution in [0.5, 0.6) is 0 Å². The van der Waals surface area contributed by atoms with E-state index in [1.165, 1.54) is 0 Å². The topological polar surface area (TPSA) is 15.8 Å². The molecule has 0 fully saturated rings. The van der Waals surface area contributed by atoms with Gasteiger partial charge in [-0.05, 0) is 40.5 Å². The predicted molar refractivity (Wildman–Crippen MR) is 55.7 cm³/mol. The van der Waals surface area contributed by atoms with Gasteiger partial charge in [-0.2, -0.15) is 13.2 Å². The standard InChI is InChI=1S/C10H7BrF3N/c1-5-4-15-9-7(5)2-6(3-8(9)11)10(12,13)14/h2-4,15H,1H3. The Morgan fingerprint density at radius 2 is 1.93 bits per heavy atom. The predicted octanol–water partition coefficient (Wildman–Crippen LogP) is 4.26. The number of alkyl halides is 3. The van der Waals surface area contributed by atoms with Crippen molar-refractivity contribution in [3.8, 4) is 0 Å². The molecule has 1 N–H and O–H groups in total. The second-order valence-electron chi connectivity index (χ2n) is 3.35. The molecule has 0 saturated heterocycles. The van der Waals surface area contributed by atoms with Gasteiger partial charge < -0.3 is 4.98 Å². The second-order valence-corrected chi connectivity index (χ2v) is 4.20. The fourth-order valence-corrected chi connectivity index (χ4v) is 2.06. The lowest BCUT2D eigenvalue weighted by molar-refractivity contribution is -0.137. The van der Waals surface area contributed by atoms with Crippen LogP contribution in [0.4, 0.5) is 13.2 Å². The van der Waals surface area contributed by atoms with Gasteiger partial charge in [0.25, 0.3) is 0 Å². The van der Waals surface area contributed by atoms with Gasteiger partial charge in [0, 0.05) is 16.1 Å². The summed E-state index contributed by atoms with van der Waals surface area (Å²) in [5.41, 5.74) is 0.863. The number of benzene rings is 1. The molecule has 1 heterocycles. The number of aromatic amines is 1. The molecule has 2 aromatic rings. The normalized spacial score (nSPS) is 12.3. The van der Waals surface area contributed by atoms with Crippen molar-refractivity contribution in [1.29, 1.82) is 0 Å². The van der Waals surface area contributed by atoms with E-state index >= 15 is 0 Å². The van der Waals surface area contributed by atoms with Crippen LogP contribution in [0.1, 0.15) is 11.1 Å². The molecule has 0 aliphatic heterocycles. The Hall–Kier alpha value is -0.970. The molecular weight excluding hydrogens is 271 g/mol. The maximum atomic E-state index is 12.5. The van der Waals surface area contributed by atoms with Gasteiger partial charge in [-0.15, -0.1) is 0 Å². The average molecular weight is 278 g/mol. The maximum Gasteiger partial charge on any atom is 0.416 e. The van der Waals surface area contributed by atoms with E-state index < -0.39 is 11.7 Å². The Labute approximate surface area is 92.4 Å². The molecule has 80 valence electrons. The minimum absolute atomic E-state index is 0.431. The van der Waals surface area contributed by atoms with Crippen molar-refractivity contribution >= 4 is 26.8 Å². The van der Waals surface area contributed by atoms with Gasteiger partial charge >= 0.3 is 6.18 Å². The van der Waals surface area contributed by atoms with E-state index in [0.29, 0.717) is 15.4 Å². The third-order valence-electron chi connectivity index (χ3n) is 2.28. The average Bonchev–Trinajstić information content (AvgIpc) is 2.47. The number of hydrogen-bond acceptors (Lipinski definition) is 0. The third kappa shape index (κ3) is 1.76. The van der Waals surface area contributed by atoms with E-state index in [1.54, 1.807) is 13.1 Å². The summed E-state index contributed by atoms with van der Waals surface area (Å²) in [6.45, 7) is 1.77.